The molecule has 0 radical (unpaired) electrons. The van der Waals surface area contributed by atoms with Gasteiger partial charge < -0.3 is 5.32 Å². The molecule has 1 fully saturated rings. The van der Waals surface area contributed by atoms with Crippen LogP contribution in [0.25, 0.3) is 0 Å². The molecular formula is C11H13BrF2N2. The molecule has 0 amide bonds. The van der Waals surface area contributed by atoms with E-state index in [1.54, 1.807) is 0 Å². The zero-order valence-corrected chi connectivity index (χ0v) is 10.5. The second-order valence-electron chi connectivity index (χ2n) is 4.43. The van der Waals surface area contributed by atoms with E-state index in [2.05, 4.69) is 33.2 Å². The van der Waals surface area contributed by atoms with Crippen LogP contribution in [0.3, 0.4) is 0 Å². The van der Waals surface area contributed by atoms with Gasteiger partial charge in [-0.2, -0.15) is 0 Å². The molecule has 1 heterocycles. The highest BCUT2D eigenvalue weighted by molar-refractivity contribution is 9.10. The average molecular weight is 291 g/mol. The van der Waals surface area contributed by atoms with Crippen LogP contribution in [0, 0.1) is 0 Å². The third-order valence-corrected chi connectivity index (χ3v) is 3.67. The Labute approximate surface area is 102 Å². The molecule has 0 aliphatic heterocycles. The Hall–Kier alpha value is -0.710. The molecule has 88 valence electrons. The van der Waals surface area contributed by atoms with Gasteiger partial charge in [0.2, 0.25) is 0 Å². The highest BCUT2D eigenvalue weighted by atomic mass is 79.9. The number of alkyl halides is 2. The summed E-state index contributed by atoms with van der Waals surface area (Å²) >= 11 is 3.07. The smallest absolute Gasteiger partial charge is 0.265 e. The van der Waals surface area contributed by atoms with Gasteiger partial charge in [-0.3, -0.25) is 0 Å². The lowest BCUT2D eigenvalue weighted by Gasteiger charge is -2.39. The topological polar surface area (TPSA) is 24.9 Å². The Morgan fingerprint density at radius 1 is 1.50 bits per heavy atom. The first kappa shape index (κ1) is 11.8. The summed E-state index contributed by atoms with van der Waals surface area (Å²) in [6.07, 6.45) is 2.25. The average Bonchev–Trinajstić information content (AvgIpc) is 2.18. The van der Waals surface area contributed by atoms with Crippen molar-refractivity contribution in [3.05, 3.63) is 22.3 Å². The maximum atomic E-state index is 12.7. The molecule has 0 spiro atoms. The number of aromatic nitrogens is 1. The minimum Gasteiger partial charge on any atom is -0.365 e. The summed E-state index contributed by atoms with van der Waals surface area (Å²) in [4.78, 5) is 4.10. The van der Waals surface area contributed by atoms with Gasteiger partial charge in [0.25, 0.3) is 6.43 Å². The normalized spacial score (nSPS) is 18.3. The Bertz CT molecular complexity index is 392. The van der Waals surface area contributed by atoms with E-state index < -0.39 is 6.43 Å². The molecule has 0 atom stereocenters. The van der Waals surface area contributed by atoms with E-state index in [0.717, 1.165) is 12.8 Å². The number of halogens is 3. The van der Waals surface area contributed by atoms with Gasteiger partial charge in [0.1, 0.15) is 5.82 Å². The number of nitrogens with zero attached hydrogens (tertiary/aromatic N) is 1. The first-order chi connectivity index (χ1) is 7.50. The standard InChI is InChI=1S/C11H13BrF2N2/c1-11(3-2-4-11)16-9-5-7(10(13)14)8(12)6-15-9/h5-6,10H,2-4H2,1H3,(H,15,16). The molecule has 5 heteroatoms. The van der Waals surface area contributed by atoms with Crippen molar-refractivity contribution in [1.82, 2.24) is 4.98 Å². The van der Waals surface area contributed by atoms with E-state index in [-0.39, 0.29) is 11.1 Å². The molecule has 0 unspecified atom stereocenters. The van der Waals surface area contributed by atoms with Gasteiger partial charge in [-0.1, -0.05) is 0 Å². The van der Waals surface area contributed by atoms with Gasteiger partial charge in [-0.25, -0.2) is 13.8 Å². The fourth-order valence-corrected chi connectivity index (χ4v) is 2.22. The molecule has 1 aliphatic carbocycles. The quantitative estimate of drug-likeness (QED) is 0.905. The summed E-state index contributed by atoms with van der Waals surface area (Å²) in [6.45, 7) is 2.09. The van der Waals surface area contributed by atoms with Crippen molar-refractivity contribution < 1.29 is 8.78 Å². The Morgan fingerprint density at radius 3 is 2.69 bits per heavy atom. The Morgan fingerprint density at radius 2 is 2.19 bits per heavy atom. The SMILES string of the molecule is CC1(Nc2cc(C(F)F)c(Br)cn2)CCC1. The monoisotopic (exact) mass is 290 g/mol. The third kappa shape index (κ3) is 2.34. The molecule has 2 rings (SSSR count). The van der Waals surface area contributed by atoms with Gasteiger partial charge in [-0.05, 0) is 48.2 Å². The van der Waals surface area contributed by atoms with Crippen LogP contribution in [0.5, 0.6) is 0 Å². The number of rotatable bonds is 3. The highest BCUT2D eigenvalue weighted by Gasteiger charge is 2.32. The molecule has 2 nitrogen and oxygen atoms in total. The minimum absolute atomic E-state index is 0.0135. The van der Waals surface area contributed by atoms with Crippen LogP contribution in [0.15, 0.2) is 16.7 Å². The number of pyridine rings is 1. The molecule has 1 aromatic heterocycles. The van der Waals surface area contributed by atoms with Crippen LogP contribution in [-0.4, -0.2) is 10.5 Å². The van der Waals surface area contributed by atoms with Crippen molar-refractivity contribution in [2.75, 3.05) is 5.32 Å². The van der Waals surface area contributed by atoms with Crippen LogP contribution in [0.1, 0.15) is 38.2 Å². The molecule has 1 aromatic rings. The first-order valence-corrected chi connectivity index (χ1v) is 6.01. The van der Waals surface area contributed by atoms with Crippen molar-refractivity contribution in [3.63, 3.8) is 0 Å². The minimum atomic E-state index is -2.48. The van der Waals surface area contributed by atoms with Gasteiger partial charge in [0.05, 0.1) is 0 Å². The second kappa shape index (κ2) is 4.28. The first-order valence-electron chi connectivity index (χ1n) is 5.22. The summed E-state index contributed by atoms with van der Waals surface area (Å²) in [5.41, 5.74) is 0.0145. The number of hydrogen-bond donors (Lipinski definition) is 1. The summed E-state index contributed by atoms with van der Waals surface area (Å²) in [5, 5.41) is 3.21. The van der Waals surface area contributed by atoms with Gasteiger partial charge >= 0.3 is 0 Å². The second-order valence-corrected chi connectivity index (χ2v) is 5.29. The predicted octanol–water partition coefficient (Wildman–Crippen LogP) is 4.14. The van der Waals surface area contributed by atoms with Crippen LogP contribution >= 0.6 is 15.9 Å². The predicted molar refractivity (Wildman–Crippen MR) is 62.8 cm³/mol. The lowest BCUT2D eigenvalue weighted by molar-refractivity contribution is 0.150. The van der Waals surface area contributed by atoms with Crippen molar-refractivity contribution in [1.29, 1.82) is 0 Å². The lowest BCUT2D eigenvalue weighted by Crippen LogP contribution is -2.41. The maximum absolute atomic E-state index is 12.7. The zero-order valence-electron chi connectivity index (χ0n) is 8.93. The van der Waals surface area contributed by atoms with E-state index in [1.165, 1.54) is 18.7 Å². The van der Waals surface area contributed by atoms with Crippen LogP contribution in [0.4, 0.5) is 14.6 Å². The largest absolute Gasteiger partial charge is 0.365 e. The summed E-state index contributed by atoms with van der Waals surface area (Å²) in [6, 6.07) is 1.41. The molecule has 0 bridgehead atoms. The number of anilines is 1. The van der Waals surface area contributed by atoms with Crippen molar-refractivity contribution >= 4 is 21.7 Å². The van der Waals surface area contributed by atoms with E-state index in [1.807, 2.05) is 0 Å². The van der Waals surface area contributed by atoms with Crippen molar-refractivity contribution in [2.24, 2.45) is 0 Å². The number of hydrogen-bond acceptors (Lipinski definition) is 2. The summed E-state index contributed by atoms with van der Waals surface area (Å²) < 4.78 is 25.7. The van der Waals surface area contributed by atoms with Crippen LogP contribution in [-0.2, 0) is 0 Å². The summed E-state index contributed by atoms with van der Waals surface area (Å²) in [7, 11) is 0. The fraction of sp³-hybridized carbons (Fsp3) is 0.545. The summed E-state index contributed by atoms with van der Waals surface area (Å²) in [5.74, 6) is 0.528. The van der Waals surface area contributed by atoms with Crippen molar-refractivity contribution in [2.45, 2.75) is 38.2 Å². The van der Waals surface area contributed by atoms with E-state index in [0.29, 0.717) is 10.3 Å². The molecular weight excluding hydrogens is 278 g/mol. The van der Waals surface area contributed by atoms with Gasteiger partial charge in [0.15, 0.2) is 0 Å². The fourth-order valence-electron chi connectivity index (χ4n) is 1.83. The molecule has 1 N–H and O–H groups in total. The maximum Gasteiger partial charge on any atom is 0.265 e. The Balaban J connectivity index is 2.19. The van der Waals surface area contributed by atoms with Gasteiger partial charge in [0, 0.05) is 21.8 Å². The molecule has 1 saturated carbocycles. The van der Waals surface area contributed by atoms with Gasteiger partial charge in [-0.15, -0.1) is 0 Å². The van der Waals surface area contributed by atoms with E-state index >= 15 is 0 Å². The van der Waals surface area contributed by atoms with E-state index in [9.17, 15) is 8.78 Å². The number of nitrogens with one attached hydrogen (secondary N) is 1. The Kier molecular flexibility index (Phi) is 3.15. The molecule has 0 aromatic carbocycles. The third-order valence-electron chi connectivity index (χ3n) is 3.01. The van der Waals surface area contributed by atoms with Crippen LogP contribution < -0.4 is 5.32 Å². The lowest BCUT2D eigenvalue weighted by atomic mass is 9.78. The zero-order chi connectivity index (χ0) is 11.8. The molecule has 0 saturated heterocycles. The highest BCUT2D eigenvalue weighted by Crippen LogP contribution is 2.35. The molecule has 16 heavy (non-hydrogen) atoms. The molecule has 1 aliphatic rings. The van der Waals surface area contributed by atoms with Crippen molar-refractivity contribution in [3.8, 4) is 0 Å². The van der Waals surface area contributed by atoms with E-state index in [4.69, 9.17) is 0 Å². The van der Waals surface area contributed by atoms with Crippen LogP contribution in [0.2, 0.25) is 0 Å².